The Labute approximate surface area is 100 Å². The molecule has 2 rings (SSSR count). The number of carbonyl (C=O) groups excluding carboxylic acids is 1. The first-order valence-electron chi connectivity index (χ1n) is 6.14. The van der Waals surface area contributed by atoms with Crippen molar-refractivity contribution in [2.75, 3.05) is 0 Å². The summed E-state index contributed by atoms with van der Waals surface area (Å²) in [4.78, 5) is 23.3. The molecule has 0 spiro atoms. The lowest BCUT2D eigenvalue weighted by molar-refractivity contribution is -0.121. The van der Waals surface area contributed by atoms with Crippen molar-refractivity contribution in [3.05, 3.63) is 22.9 Å². The lowest BCUT2D eigenvalue weighted by Crippen LogP contribution is -2.29. The number of nitrogens with zero attached hydrogens (tertiary/aromatic N) is 2. The summed E-state index contributed by atoms with van der Waals surface area (Å²) < 4.78 is 3.26. The number of hydrogen-bond donors (Lipinski definition) is 1. The zero-order valence-corrected chi connectivity index (χ0v) is 10.3. The Hall–Kier alpha value is -1.52. The molecule has 0 radical (unpaired) electrons. The highest BCUT2D eigenvalue weighted by atomic mass is 16.2. The normalized spacial score (nSPS) is 15.2. The third kappa shape index (κ3) is 2.99. The van der Waals surface area contributed by atoms with Gasteiger partial charge in [-0.25, -0.2) is 4.79 Å². The Morgan fingerprint density at radius 3 is 2.71 bits per heavy atom. The number of aryl methyl sites for hydroxylation is 1. The Morgan fingerprint density at radius 2 is 2.18 bits per heavy atom. The van der Waals surface area contributed by atoms with Crippen LogP contribution < -0.4 is 11.0 Å². The topological polar surface area (TPSA) is 56.0 Å². The molecule has 0 unspecified atom stereocenters. The summed E-state index contributed by atoms with van der Waals surface area (Å²) in [7, 11) is 0. The van der Waals surface area contributed by atoms with Gasteiger partial charge in [0, 0.05) is 37.4 Å². The number of aromatic nitrogens is 2. The zero-order chi connectivity index (χ0) is 12.4. The number of amides is 1. The molecule has 1 amide bonds. The van der Waals surface area contributed by atoms with Gasteiger partial charge in [-0.3, -0.25) is 13.9 Å². The highest BCUT2D eigenvalue weighted by molar-refractivity contribution is 5.76. The maximum atomic E-state index is 11.9. The van der Waals surface area contributed by atoms with Crippen molar-refractivity contribution in [2.24, 2.45) is 0 Å². The fourth-order valence-electron chi connectivity index (χ4n) is 1.74. The molecule has 5 nitrogen and oxygen atoms in total. The predicted molar refractivity (Wildman–Crippen MR) is 64.9 cm³/mol. The largest absolute Gasteiger partial charge is 0.353 e. The summed E-state index contributed by atoms with van der Waals surface area (Å²) in [5, 5.41) is 2.91. The Kier molecular flexibility index (Phi) is 3.36. The predicted octanol–water partition coefficient (Wildman–Crippen LogP) is 0.899. The summed E-state index contributed by atoms with van der Waals surface area (Å²) in [5.74, 6) is 0.0386. The van der Waals surface area contributed by atoms with Gasteiger partial charge in [0.1, 0.15) is 0 Å². The number of hydrogen-bond acceptors (Lipinski definition) is 2. The second-order valence-corrected chi connectivity index (χ2v) is 4.87. The van der Waals surface area contributed by atoms with Gasteiger partial charge in [-0.15, -0.1) is 0 Å². The summed E-state index contributed by atoms with van der Waals surface area (Å²) >= 11 is 0. The lowest BCUT2D eigenvalue weighted by Gasteiger charge is -2.05. The average Bonchev–Trinajstić information content (AvgIpc) is 2.98. The molecule has 0 aliphatic heterocycles. The fraction of sp³-hybridized carbons (Fsp3) is 0.667. The van der Waals surface area contributed by atoms with Crippen LogP contribution in [0.15, 0.2) is 17.2 Å². The number of rotatable bonds is 5. The SMILES string of the molecule is CC(C)n1ccn(CCC(=O)NC2CC2)c1=O. The van der Waals surface area contributed by atoms with Crippen molar-refractivity contribution < 1.29 is 4.79 Å². The van der Waals surface area contributed by atoms with Crippen LogP contribution in [0.3, 0.4) is 0 Å². The zero-order valence-electron chi connectivity index (χ0n) is 10.3. The summed E-state index contributed by atoms with van der Waals surface area (Å²) in [6.45, 7) is 4.38. The van der Waals surface area contributed by atoms with Gasteiger partial charge < -0.3 is 5.32 Å². The van der Waals surface area contributed by atoms with Crippen molar-refractivity contribution in [3.8, 4) is 0 Å². The van der Waals surface area contributed by atoms with E-state index in [9.17, 15) is 9.59 Å². The molecule has 0 bridgehead atoms. The molecule has 1 heterocycles. The van der Waals surface area contributed by atoms with Gasteiger partial charge in [-0.1, -0.05) is 0 Å². The standard InChI is InChI=1S/C12H19N3O2/c1-9(2)15-8-7-14(12(15)17)6-5-11(16)13-10-3-4-10/h7-10H,3-6H2,1-2H3,(H,13,16). The number of nitrogens with one attached hydrogen (secondary N) is 1. The minimum atomic E-state index is -0.0424. The average molecular weight is 237 g/mol. The van der Waals surface area contributed by atoms with Gasteiger partial charge >= 0.3 is 5.69 Å². The highest BCUT2D eigenvalue weighted by Crippen LogP contribution is 2.18. The molecule has 94 valence electrons. The van der Waals surface area contributed by atoms with E-state index in [0.717, 1.165) is 12.8 Å². The minimum absolute atomic E-state index is 0.0386. The van der Waals surface area contributed by atoms with Crippen molar-refractivity contribution in [1.29, 1.82) is 0 Å². The van der Waals surface area contributed by atoms with E-state index in [0.29, 0.717) is 19.0 Å². The van der Waals surface area contributed by atoms with E-state index in [1.165, 1.54) is 0 Å². The van der Waals surface area contributed by atoms with Crippen LogP contribution in [0.4, 0.5) is 0 Å². The third-order valence-electron chi connectivity index (χ3n) is 2.95. The maximum absolute atomic E-state index is 11.9. The van der Waals surface area contributed by atoms with Crippen LogP contribution in [0.2, 0.25) is 0 Å². The molecule has 1 saturated carbocycles. The van der Waals surface area contributed by atoms with Crippen molar-refractivity contribution >= 4 is 5.91 Å². The van der Waals surface area contributed by atoms with Crippen LogP contribution in [0.1, 0.15) is 39.2 Å². The number of carbonyl (C=O) groups is 1. The molecule has 1 N–H and O–H groups in total. The minimum Gasteiger partial charge on any atom is -0.353 e. The Balaban J connectivity index is 1.90. The van der Waals surface area contributed by atoms with E-state index < -0.39 is 0 Å². The second-order valence-electron chi connectivity index (χ2n) is 4.87. The van der Waals surface area contributed by atoms with Crippen molar-refractivity contribution in [2.45, 2.75) is 51.7 Å². The third-order valence-corrected chi connectivity index (χ3v) is 2.95. The van der Waals surface area contributed by atoms with Crippen LogP contribution in [-0.2, 0) is 11.3 Å². The van der Waals surface area contributed by atoms with E-state index in [2.05, 4.69) is 5.32 Å². The monoisotopic (exact) mass is 237 g/mol. The van der Waals surface area contributed by atoms with Gasteiger partial charge in [0.15, 0.2) is 0 Å². The summed E-state index contributed by atoms with van der Waals surface area (Å²) in [6.07, 6.45) is 6.07. The lowest BCUT2D eigenvalue weighted by atomic mass is 10.4. The Morgan fingerprint density at radius 1 is 1.47 bits per heavy atom. The summed E-state index contributed by atoms with van der Waals surface area (Å²) in [5.41, 5.74) is -0.0424. The molecule has 1 aromatic heterocycles. The first-order valence-corrected chi connectivity index (χ1v) is 6.14. The number of imidazole rings is 1. The molecule has 1 aromatic rings. The van der Waals surface area contributed by atoms with Crippen molar-refractivity contribution in [3.63, 3.8) is 0 Å². The molecule has 1 aliphatic rings. The molecule has 17 heavy (non-hydrogen) atoms. The van der Waals surface area contributed by atoms with Crippen molar-refractivity contribution in [1.82, 2.24) is 14.5 Å². The molecule has 1 aliphatic carbocycles. The van der Waals surface area contributed by atoms with E-state index in [1.807, 2.05) is 13.8 Å². The Bertz CT molecular complexity index is 455. The maximum Gasteiger partial charge on any atom is 0.328 e. The van der Waals surface area contributed by atoms with E-state index in [1.54, 1.807) is 21.5 Å². The molecule has 0 saturated heterocycles. The quantitative estimate of drug-likeness (QED) is 0.827. The molecule has 0 atom stereocenters. The van der Waals surface area contributed by atoms with Gasteiger partial charge in [-0.05, 0) is 26.7 Å². The first kappa shape index (κ1) is 12.0. The van der Waals surface area contributed by atoms with E-state index in [-0.39, 0.29) is 17.6 Å². The molecular formula is C12H19N3O2. The van der Waals surface area contributed by atoms with Gasteiger partial charge in [0.2, 0.25) is 5.91 Å². The van der Waals surface area contributed by atoms with Crippen LogP contribution in [0.5, 0.6) is 0 Å². The molecule has 5 heteroatoms. The summed E-state index contributed by atoms with van der Waals surface area (Å²) in [6, 6.07) is 0.545. The van der Waals surface area contributed by atoms with Crippen LogP contribution >= 0.6 is 0 Å². The molecule has 1 fully saturated rings. The van der Waals surface area contributed by atoms with E-state index >= 15 is 0 Å². The van der Waals surface area contributed by atoms with Gasteiger partial charge in [0.05, 0.1) is 0 Å². The smallest absolute Gasteiger partial charge is 0.328 e. The fourth-order valence-corrected chi connectivity index (χ4v) is 1.74. The second kappa shape index (κ2) is 4.77. The molecule has 0 aromatic carbocycles. The molecular weight excluding hydrogens is 218 g/mol. The van der Waals surface area contributed by atoms with Gasteiger partial charge in [0.25, 0.3) is 0 Å². The van der Waals surface area contributed by atoms with Gasteiger partial charge in [-0.2, -0.15) is 0 Å². The van der Waals surface area contributed by atoms with Crippen LogP contribution in [-0.4, -0.2) is 21.1 Å². The first-order chi connectivity index (χ1) is 8.08. The van der Waals surface area contributed by atoms with Crippen LogP contribution in [0.25, 0.3) is 0 Å². The van der Waals surface area contributed by atoms with Crippen LogP contribution in [0, 0.1) is 0 Å². The van der Waals surface area contributed by atoms with E-state index in [4.69, 9.17) is 0 Å². The highest BCUT2D eigenvalue weighted by Gasteiger charge is 2.22.